The van der Waals surface area contributed by atoms with Gasteiger partial charge >= 0.3 is 0 Å². The van der Waals surface area contributed by atoms with Crippen molar-refractivity contribution in [3.05, 3.63) is 29.3 Å². The number of anilines is 1. The molecule has 0 aliphatic carbocycles. The second-order valence-electron chi connectivity index (χ2n) is 4.05. The van der Waals surface area contributed by atoms with Gasteiger partial charge in [0.05, 0.1) is 7.11 Å². The summed E-state index contributed by atoms with van der Waals surface area (Å²) in [7, 11) is 1.58. The predicted molar refractivity (Wildman–Crippen MR) is 76.4 cm³/mol. The number of hydrogen-bond acceptors (Lipinski definition) is 6. The highest BCUT2D eigenvalue weighted by Crippen LogP contribution is 2.20. The number of aromatic nitrogens is 2. The monoisotopic (exact) mass is 293 g/mol. The van der Waals surface area contributed by atoms with Crippen LogP contribution in [-0.4, -0.2) is 29.3 Å². The molecule has 0 spiro atoms. The molecule has 1 unspecified atom stereocenters. The van der Waals surface area contributed by atoms with Gasteiger partial charge in [-0.3, -0.25) is 10.1 Å². The quantitative estimate of drug-likeness (QED) is 0.915. The highest BCUT2D eigenvalue weighted by Gasteiger charge is 2.16. The van der Waals surface area contributed by atoms with Crippen molar-refractivity contribution in [1.82, 2.24) is 10.2 Å². The summed E-state index contributed by atoms with van der Waals surface area (Å²) >= 11 is 1.32. The van der Waals surface area contributed by atoms with Crippen molar-refractivity contribution in [3.8, 4) is 11.5 Å². The van der Waals surface area contributed by atoms with Crippen LogP contribution in [0.15, 0.2) is 24.3 Å². The van der Waals surface area contributed by atoms with Crippen molar-refractivity contribution in [2.75, 3.05) is 12.4 Å². The van der Waals surface area contributed by atoms with Crippen LogP contribution < -0.4 is 14.8 Å². The lowest BCUT2D eigenvalue weighted by molar-refractivity contribution is -0.122. The normalized spacial score (nSPS) is 11.8. The third kappa shape index (κ3) is 3.67. The molecular weight excluding hydrogens is 278 g/mol. The number of rotatable bonds is 5. The minimum Gasteiger partial charge on any atom is -0.497 e. The number of hydrogen-bond donors (Lipinski definition) is 1. The number of aryl methyl sites for hydroxylation is 1. The van der Waals surface area contributed by atoms with Crippen molar-refractivity contribution in [2.45, 2.75) is 20.0 Å². The number of carbonyl (C=O) groups is 1. The van der Waals surface area contributed by atoms with E-state index in [1.54, 1.807) is 32.2 Å². The van der Waals surface area contributed by atoms with Gasteiger partial charge in [0.1, 0.15) is 16.5 Å². The fourth-order valence-electron chi connectivity index (χ4n) is 1.49. The Hall–Kier alpha value is -2.15. The minimum atomic E-state index is -0.647. The molecule has 1 aromatic carbocycles. The number of amides is 1. The van der Waals surface area contributed by atoms with Gasteiger partial charge in [0.25, 0.3) is 5.91 Å². The average Bonchev–Trinajstić information content (AvgIpc) is 2.84. The molecule has 0 bridgehead atoms. The molecule has 0 saturated heterocycles. The summed E-state index contributed by atoms with van der Waals surface area (Å²) in [6, 6.07) is 7.09. The molecule has 2 aromatic rings. The van der Waals surface area contributed by atoms with E-state index >= 15 is 0 Å². The first-order valence-electron chi connectivity index (χ1n) is 6.00. The average molecular weight is 293 g/mol. The van der Waals surface area contributed by atoms with Crippen LogP contribution in [0.3, 0.4) is 0 Å². The Morgan fingerprint density at radius 1 is 1.35 bits per heavy atom. The molecule has 1 N–H and O–H groups in total. The summed E-state index contributed by atoms with van der Waals surface area (Å²) in [5, 5.41) is 11.6. The van der Waals surface area contributed by atoms with Crippen LogP contribution in [0.1, 0.15) is 11.9 Å². The Morgan fingerprint density at radius 3 is 2.75 bits per heavy atom. The molecule has 0 fully saturated rings. The zero-order valence-electron chi connectivity index (χ0n) is 11.4. The highest BCUT2D eigenvalue weighted by atomic mass is 32.1. The number of nitrogens with one attached hydrogen (secondary N) is 1. The molecule has 20 heavy (non-hydrogen) atoms. The number of benzene rings is 1. The van der Waals surface area contributed by atoms with Gasteiger partial charge in [0.2, 0.25) is 5.13 Å². The fraction of sp³-hybridized carbons (Fsp3) is 0.308. The van der Waals surface area contributed by atoms with Crippen LogP contribution in [0, 0.1) is 6.92 Å². The summed E-state index contributed by atoms with van der Waals surface area (Å²) in [5.41, 5.74) is 0. The van der Waals surface area contributed by atoms with Crippen molar-refractivity contribution < 1.29 is 14.3 Å². The Morgan fingerprint density at radius 2 is 2.10 bits per heavy atom. The summed E-state index contributed by atoms with van der Waals surface area (Å²) in [5.74, 6) is 0.972. The van der Waals surface area contributed by atoms with Crippen molar-refractivity contribution in [1.29, 1.82) is 0 Å². The van der Waals surface area contributed by atoms with E-state index in [1.807, 2.05) is 13.0 Å². The molecule has 0 aliphatic heterocycles. The molecule has 1 heterocycles. The van der Waals surface area contributed by atoms with E-state index in [9.17, 15) is 4.79 Å². The second kappa shape index (κ2) is 6.33. The van der Waals surface area contributed by atoms with Gasteiger partial charge in [-0.15, -0.1) is 10.2 Å². The van der Waals surface area contributed by atoms with Gasteiger partial charge in [0.15, 0.2) is 6.10 Å². The lowest BCUT2D eigenvalue weighted by Gasteiger charge is -2.14. The number of methoxy groups -OCH3 is 1. The van der Waals surface area contributed by atoms with Gasteiger partial charge in [-0.25, -0.2) is 0 Å². The lowest BCUT2D eigenvalue weighted by atomic mass is 10.3. The van der Waals surface area contributed by atoms with E-state index in [4.69, 9.17) is 9.47 Å². The Labute approximate surface area is 120 Å². The molecule has 0 radical (unpaired) electrons. The van der Waals surface area contributed by atoms with E-state index in [-0.39, 0.29) is 5.91 Å². The number of ether oxygens (including phenoxy) is 2. The van der Waals surface area contributed by atoms with Crippen LogP contribution in [0.25, 0.3) is 0 Å². The van der Waals surface area contributed by atoms with Crippen molar-refractivity contribution in [3.63, 3.8) is 0 Å². The zero-order valence-corrected chi connectivity index (χ0v) is 12.2. The Balaban J connectivity index is 1.96. The molecular formula is C13H15N3O3S. The topological polar surface area (TPSA) is 73.3 Å². The van der Waals surface area contributed by atoms with E-state index in [0.717, 1.165) is 5.01 Å². The summed E-state index contributed by atoms with van der Waals surface area (Å²) in [6.45, 7) is 3.49. The third-order valence-electron chi connectivity index (χ3n) is 2.48. The number of carbonyl (C=O) groups excluding carboxylic acids is 1. The van der Waals surface area contributed by atoms with Crippen molar-refractivity contribution >= 4 is 22.4 Å². The maximum Gasteiger partial charge on any atom is 0.266 e. The minimum absolute atomic E-state index is 0.274. The number of nitrogens with zero attached hydrogens (tertiary/aromatic N) is 2. The molecule has 2 rings (SSSR count). The standard InChI is InChI=1S/C13H15N3O3S/c1-8(12(17)14-13-16-15-9(2)20-13)19-11-6-4-5-10(7-11)18-3/h4-8H,1-3H3,(H,14,16,17). The first-order valence-corrected chi connectivity index (χ1v) is 6.82. The van der Waals surface area contributed by atoms with E-state index in [2.05, 4.69) is 15.5 Å². The van der Waals surface area contributed by atoms with Gasteiger partial charge in [-0.2, -0.15) is 0 Å². The molecule has 106 valence electrons. The zero-order chi connectivity index (χ0) is 14.5. The fourth-order valence-corrected chi connectivity index (χ4v) is 2.08. The summed E-state index contributed by atoms with van der Waals surface area (Å²) < 4.78 is 10.7. The molecule has 7 heteroatoms. The van der Waals surface area contributed by atoms with Gasteiger partial charge in [0, 0.05) is 6.07 Å². The molecule has 1 aromatic heterocycles. The highest BCUT2D eigenvalue weighted by molar-refractivity contribution is 7.15. The largest absolute Gasteiger partial charge is 0.497 e. The van der Waals surface area contributed by atoms with Crippen LogP contribution in [0.2, 0.25) is 0 Å². The molecule has 6 nitrogen and oxygen atoms in total. The Kier molecular flexibility index (Phi) is 4.52. The van der Waals surface area contributed by atoms with Crippen LogP contribution >= 0.6 is 11.3 Å². The molecule has 0 aliphatic rings. The summed E-state index contributed by atoms with van der Waals surface area (Å²) in [4.78, 5) is 12.0. The maximum absolute atomic E-state index is 12.0. The van der Waals surface area contributed by atoms with Gasteiger partial charge < -0.3 is 9.47 Å². The Bertz CT molecular complexity index is 600. The van der Waals surface area contributed by atoms with Crippen LogP contribution in [0.4, 0.5) is 5.13 Å². The van der Waals surface area contributed by atoms with Crippen molar-refractivity contribution in [2.24, 2.45) is 0 Å². The van der Waals surface area contributed by atoms with Gasteiger partial charge in [-0.05, 0) is 26.0 Å². The smallest absolute Gasteiger partial charge is 0.266 e. The summed E-state index contributed by atoms with van der Waals surface area (Å²) in [6.07, 6.45) is -0.647. The first kappa shape index (κ1) is 14.3. The predicted octanol–water partition coefficient (Wildman–Crippen LogP) is 2.26. The molecule has 1 atom stereocenters. The van der Waals surface area contributed by atoms with Crippen LogP contribution in [0.5, 0.6) is 11.5 Å². The third-order valence-corrected chi connectivity index (χ3v) is 3.23. The molecule has 0 saturated carbocycles. The maximum atomic E-state index is 12.0. The van der Waals surface area contributed by atoms with Gasteiger partial charge in [-0.1, -0.05) is 17.4 Å². The first-order chi connectivity index (χ1) is 9.58. The van der Waals surface area contributed by atoms with E-state index in [0.29, 0.717) is 16.6 Å². The van der Waals surface area contributed by atoms with E-state index < -0.39 is 6.10 Å². The second-order valence-corrected chi connectivity index (χ2v) is 5.24. The van der Waals surface area contributed by atoms with Crippen LogP contribution in [-0.2, 0) is 4.79 Å². The van der Waals surface area contributed by atoms with E-state index in [1.165, 1.54) is 11.3 Å². The lowest BCUT2D eigenvalue weighted by Crippen LogP contribution is -2.30. The SMILES string of the molecule is COc1cccc(OC(C)C(=O)Nc2nnc(C)s2)c1. The molecule has 1 amide bonds.